The van der Waals surface area contributed by atoms with Crippen molar-refractivity contribution >= 4 is 5.97 Å². The van der Waals surface area contributed by atoms with Crippen molar-refractivity contribution in [2.75, 3.05) is 20.8 Å². The van der Waals surface area contributed by atoms with Crippen molar-refractivity contribution in [1.29, 1.82) is 0 Å². The smallest absolute Gasteiger partial charge is 0.358 e. The molecule has 1 aromatic heterocycles. The third-order valence-electron chi connectivity index (χ3n) is 3.38. The monoisotopic (exact) mass is 318 g/mol. The van der Waals surface area contributed by atoms with E-state index < -0.39 is 5.97 Å². The normalized spacial score (nSPS) is 10.4. The van der Waals surface area contributed by atoms with Gasteiger partial charge in [0.2, 0.25) is 0 Å². The summed E-state index contributed by atoms with van der Waals surface area (Å²) >= 11 is 0. The molecule has 0 atom stereocenters. The Labute approximate surface area is 136 Å². The number of hydrogen-bond acceptors (Lipinski definition) is 5. The van der Waals surface area contributed by atoms with Crippen LogP contribution in [0.1, 0.15) is 30.8 Å². The first-order valence-electron chi connectivity index (χ1n) is 7.61. The second-order valence-corrected chi connectivity index (χ2v) is 4.92. The fourth-order valence-electron chi connectivity index (χ4n) is 2.33. The number of benzene rings is 1. The molecule has 6 heteroatoms. The lowest BCUT2D eigenvalue weighted by atomic mass is 10.1. The molecule has 0 aliphatic heterocycles. The van der Waals surface area contributed by atoms with Crippen LogP contribution in [0.25, 0.3) is 11.3 Å². The lowest BCUT2D eigenvalue weighted by Gasteiger charge is -2.11. The molecule has 0 aliphatic carbocycles. The zero-order chi connectivity index (χ0) is 16.8. The SMILES string of the molecule is CCCn1nc(C(=O)OCC)cc1-c1ccc(OC)cc1OC. The average Bonchev–Trinajstić information content (AvgIpc) is 2.98. The number of carbonyl (C=O) groups excluding carboxylic acids is 1. The highest BCUT2D eigenvalue weighted by Gasteiger charge is 2.18. The Balaban J connectivity index is 2.50. The van der Waals surface area contributed by atoms with E-state index in [4.69, 9.17) is 14.2 Å². The Kier molecular flexibility index (Phi) is 5.62. The molecule has 2 aromatic rings. The number of aryl methyl sites for hydroxylation is 1. The summed E-state index contributed by atoms with van der Waals surface area (Å²) in [5.41, 5.74) is 1.97. The third kappa shape index (κ3) is 3.64. The summed E-state index contributed by atoms with van der Waals surface area (Å²) in [6.07, 6.45) is 0.898. The molecule has 0 unspecified atom stereocenters. The van der Waals surface area contributed by atoms with Crippen LogP contribution in [0.5, 0.6) is 11.5 Å². The van der Waals surface area contributed by atoms with Crippen LogP contribution in [0.3, 0.4) is 0 Å². The molecule has 1 aromatic carbocycles. The largest absolute Gasteiger partial charge is 0.497 e. The van der Waals surface area contributed by atoms with Gasteiger partial charge in [-0.2, -0.15) is 5.10 Å². The van der Waals surface area contributed by atoms with E-state index >= 15 is 0 Å². The first kappa shape index (κ1) is 16.9. The number of carbonyl (C=O) groups is 1. The predicted octanol–water partition coefficient (Wildman–Crippen LogP) is 3.15. The summed E-state index contributed by atoms with van der Waals surface area (Å²) in [7, 11) is 3.21. The molecule has 1 heterocycles. The predicted molar refractivity (Wildman–Crippen MR) is 87.0 cm³/mol. The van der Waals surface area contributed by atoms with Crippen LogP contribution in [0.4, 0.5) is 0 Å². The number of esters is 1. The maximum Gasteiger partial charge on any atom is 0.358 e. The Morgan fingerprint density at radius 1 is 1.17 bits per heavy atom. The van der Waals surface area contributed by atoms with Gasteiger partial charge in [0, 0.05) is 18.2 Å². The van der Waals surface area contributed by atoms with E-state index in [1.54, 1.807) is 31.9 Å². The van der Waals surface area contributed by atoms with E-state index in [9.17, 15) is 4.79 Å². The fraction of sp³-hybridized carbons (Fsp3) is 0.412. The summed E-state index contributed by atoms with van der Waals surface area (Å²) < 4.78 is 17.5. The molecule has 6 nitrogen and oxygen atoms in total. The van der Waals surface area contributed by atoms with Crippen molar-refractivity contribution in [2.24, 2.45) is 0 Å². The van der Waals surface area contributed by atoms with Crippen LogP contribution in [0, 0.1) is 0 Å². The minimum Gasteiger partial charge on any atom is -0.497 e. The molecule has 0 saturated carbocycles. The van der Waals surface area contributed by atoms with Gasteiger partial charge in [0.1, 0.15) is 11.5 Å². The molecule has 0 spiro atoms. The van der Waals surface area contributed by atoms with E-state index in [0.717, 1.165) is 17.7 Å². The number of ether oxygens (including phenoxy) is 3. The van der Waals surface area contributed by atoms with Crippen LogP contribution in [0.2, 0.25) is 0 Å². The van der Waals surface area contributed by atoms with Crippen molar-refractivity contribution in [3.8, 4) is 22.8 Å². The summed E-state index contributed by atoms with van der Waals surface area (Å²) in [5, 5.41) is 4.37. The maximum atomic E-state index is 12.0. The van der Waals surface area contributed by atoms with Crippen molar-refractivity contribution in [3.63, 3.8) is 0 Å². The second kappa shape index (κ2) is 7.67. The molecule has 2 rings (SSSR count). The molecule has 0 bridgehead atoms. The zero-order valence-corrected chi connectivity index (χ0v) is 14.0. The molecule has 0 fully saturated rings. The summed E-state index contributed by atoms with van der Waals surface area (Å²) in [6.45, 7) is 4.85. The lowest BCUT2D eigenvalue weighted by Crippen LogP contribution is -2.07. The number of nitrogens with zero attached hydrogens (tertiary/aromatic N) is 2. The quantitative estimate of drug-likeness (QED) is 0.734. The first-order valence-corrected chi connectivity index (χ1v) is 7.61. The molecule has 0 radical (unpaired) electrons. The van der Waals surface area contributed by atoms with Crippen LogP contribution in [-0.2, 0) is 11.3 Å². The van der Waals surface area contributed by atoms with Crippen LogP contribution >= 0.6 is 0 Å². The van der Waals surface area contributed by atoms with Crippen molar-refractivity contribution in [3.05, 3.63) is 30.0 Å². The first-order chi connectivity index (χ1) is 11.1. The minimum absolute atomic E-state index is 0.299. The fourth-order valence-corrected chi connectivity index (χ4v) is 2.33. The summed E-state index contributed by atoms with van der Waals surface area (Å²) in [4.78, 5) is 12.0. The van der Waals surface area contributed by atoms with E-state index in [-0.39, 0.29) is 0 Å². The van der Waals surface area contributed by atoms with Gasteiger partial charge >= 0.3 is 5.97 Å². The third-order valence-corrected chi connectivity index (χ3v) is 3.38. The molecular weight excluding hydrogens is 296 g/mol. The van der Waals surface area contributed by atoms with Gasteiger partial charge in [-0.05, 0) is 31.5 Å². The number of aromatic nitrogens is 2. The lowest BCUT2D eigenvalue weighted by molar-refractivity contribution is 0.0518. The van der Waals surface area contributed by atoms with Gasteiger partial charge in [0.05, 0.1) is 26.5 Å². The Hall–Kier alpha value is -2.50. The average molecular weight is 318 g/mol. The van der Waals surface area contributed by atoms with E-state index in [1.807, 2.05) is 18.2 Å². The highest BCUT2D eigenvalue weighted by atomic mass is 16.5. The number of methoxy groups -OCH3 is 2. The molecule has 0 amide bonds. The molecular formula is C17H22N2O4. The Bertz CT molecular complexity index is 679. The van der Waals surface area contributed by atoms with Crippen molar-refractivity contribution < 1.29 is 19.0 Å². The van der Waals surface area contributed by atoms with Crippen molar-refractivity contribution in [2.45, 2.75) is 26.8 Å². The number of hydrogen-bond donors (Lipinski definition) is 0. The van der Waals surface area contributed by atoms with Gasteiger partial charge in [-0.15, -0.1) is 0 Å². The minimum atomic E-state index is -0.420. The second-order valence-electron chi connectivity index (χ2n) is 4.92. The molecule has 23 heavy (non-hydrogen) atoms. The maximum absolute atomic E-state index is 12.0. The van der Waals surface area contributed by atoms with Gasteiger partial charge in [-0.25, -0.2) is 4.79 Å². The van der Waals surface area contributed by atoms with Crippen LogP contribution in [0.15, 0.2) is 24.3 Å². The Morgan fingerprint density at radius 2 is 1.96 bits per heavy atom. The van der Waals surface area contributed by atoms with E-state index in [2.05, 4.69) is 12.0 Å². The molecule has 124 valence electrons. The highest BCUT2D eigenvalue weighted by molar-refractivity contribution is 5.89. The van der Waals surface area contributed by atoms with Gasteiger partial charge in [-0.3, -0.25) is 4.68 Å². The summed E-state index contributed by atoms with van der Waals surface area (Å²) in [6, 6.07) is 7.29. The molecule has 0 aliphatic rings. The van der Waals surface area contributed by atoms with Gasteiger partial charge in [0.25, 0.3) is 0 Å². The van der Waals surface area contributed by atoms with Gasteiger partial charge < -0.3 is 14.2 Å². The van der Waals surface area contributed by atoms with Crippen LogP contribution in [-0.4, -0.2) is 36.6 Å². The van der Waals surface area contributed by atoms with E-state index in [0.29, 0.717) is 30.3 Å². The molecule has 0 N–H and O–H groups in total. The van der Waals surface area contributed by atoms with Gasteiger partial charge in [-0.1, -0.05) is 6.92 Å². The number of rotatable bonds is 7. The molecule has 0 saturated heterocycles. The van der Waals surface area contributed by atoms with Crippen molar-refractivity contribution in [1.82, 2.24) is 9.78 Å². The standard InChI is InChI=1S/C17H22N2O4/c1-5-9-19-15(11-14(18-19)17(20)23-6-2)13-8-7-12(21-3)10-16(13)22-4/h7-8,10-11H,5-6,9H2,1-4H3. The highest BCUT2D eigenvalue weighted by Crippen LogP contribution is 2.34. The van der Waals surface area contributed by atoms with Crippen LogP contribution < -0.4 is 9.47 Å². The van der Waals surface area contributed by atoms with Gasteiger partial charge in [0.15, 0.2) is 5.69 Å². The topological polar surface area (TPSA) is 62.6 Å². The Morgan fingerprint density at radius 3 is 2.57 bits per heavy atom. The van der Waals surface area contributed by atoms with E-state index in [1.165, 1.54) is 0 Å². The summed E-state index contributed by atoms with van der Waals surface area (Å²) in [5.74, 6) is 0.950. The zero-order valence-electron chi connectivity index (χ0n) is 14.0.